The number of aldehydes is 1. The van der Waals surface area contributed by atoms with Crippen molar-refractivity contribution in [1.29, 1.82) is 0 Å². The summed E-state index contributed by atoms with van der Waals surface area (Å²) in [5.41, 5.74) is 0. The number of rotatable bonds is 8. The van der Waals surface area contributed by atoms with Crippen LogP contribution in [0.25, 0.3) is 0 Å². The lowest BCUT2D eigenvalue weighted by Crippen LogP contribution is -2.41. The summed E-state index contributed by atoms with van der Waals surface area (Å²) in [5, 5.41) is 5.13. The van der Waals surface area contributed by atoms with Crippen molar-refractivity contribution in [1.82, 2.24) is 10.6 Å². The quantitative estimate of drug-likeness (QED) is 0.444. The first-order valence-corrected chi connectivity index (χ1v) is 6.77. The molecule has 7 nitrogen and oxygen atoms in total. The number of allylic oxidation sites excluding steroid dienone is 1. The van der Waals surface area contributed by atoms with Crippen molar-refractivity contribution in [2.45, 2.75) is 26.3 Å². The molecule has 1 atom stereocenters. The normalized spacial score (nSPS) is 14.8. The number of carbonyl (C=O) groups excluding carboxylic acids is 4. The molecule has 0 radical (unpaired) electrons. The molecule has 1 aliphatic rings. The highest BCUT2D eigenvalue weighted by Crippen LogP contribution is 1.98. The summed E-state index contributed by atoms with van der Waals surface area (Å²) in [4.78, 5) is 45.2. The molecule has 0 saturated carbocycles. The number of hydrogen-bond acceptors (Lipinski definition) is 4. The molecule has 0 aromatic heterocycles. The summed E-state index contributed by atoms with van der Waals surface area (Å²) in [6.07, 6.45) is 5.23. The molecule has 0 bridgehead atoms. The molecule has 0 aliphatic carbocycles. The van der Waals surface area contributed by atoms with Gasteiger partial charge in [0.1, 0.15) is 6.29 Å². The van der Waals surface area contributed by atoms with Crippen molar-refractivity contribution in [2.24, 2.45) is 5.92 Å². The Kier molecular flexibility index (Phi) is 6.45. The molecule has 21 heavy (non-hydrogen) atoms. The molecule has 0 fully saturated rings. The van der Waals surface area contributed by atoms with Gasteiger partial charge in [-0.2, -0.15) is 4.58 Å². The molecule has 2 N–H and O–H groups in total. The number of amides is 3. The minimum Gasteiger partial charge on any atom is -0.350 e. The van der Waals surface area contributed by atoms with Crippen molar-refractivity contribution in [2.75, 3.05) is 13.1 Å². The molecule has 1 aliphatic heterocycles. The second-order valence-electron chi connectivity index (χ2n) is 5.05. The van der Waals surface area contributed by atoms with Gasteiger partial charge < -0.3 is 15.4 Å². The average Bonchev–Trinajstić information content (AvgIpc) is 2.81. The monoisotopic (exact) mass is 294 g/mol. The molecule has 0 aromatic carbocycles. The van der Waals surface area contributed by atoms with Crippen LogP contribution in [0.15, 0.2) is 12.2 Å². The highest BCUT2D eigenvalue weighted by Gasteiger charge is 2.21. The summed E-state index contributed by atoms with van der Waals surface area (Å²) >= 11 is 0. The number of nitrogens with zero attached hydrogens (tertiary/aromatic N) is 1. The van der Waals surface area contributed by atoms with Gasteiger partial charge in [0, 0.05) is 19.0 Å². The zero-order valence-electron chi connectivity index (χ0n) is 12.2. The predicted octanol–water partition coefficient (Wildman–Crippen LogP) is -0.988. The number of nitrogens with one attached hydrogen (secondary N) is 2. The lowest BCUT2D eigenvalue weighted by Gasteiger charge is -2.16. The Labute approximate surface area is 123 Å². The van der Waals surface area contributed by atoms with E-state index in [4.69, 9.17) is 0 Å². The molecule has 0 aromatic rings. The van der Waals surface area contributed by atoms with Crippen molar-refractivity contribution in [3.63, 3.8) is 0 Å². The van der Waals surface area contributed by atoms with Gasteiger partial charge in [-0.1, -0.05) is 13.8 Å². The van der Waals surface area contributed by atoms with Gasteiger partial charge in [0.15, 0.2) is 6.21 Å². The highest BCUT2D eigenvalue weighted by atomic mass is 16.2. The Morgan fingerprint density at radius 3 is 2.57 bits per heavy atom. The van der Waals surface area contributed by atoms with E-state index >= 15 is 0 Å². The second kappa shape index (κ2) is 8.08. The summed E-state index contributed by atoms with van der Waals surface area (Å²) < 4.78 is 1.27. The first kappa shape index (κ1) is 16.7. The van der Waals surface area contributed by atoms with Crippen molar-refractivity contribution >= 4 is 30.2 Å². The molecule has 7 heteroatoms. The smallest absolute Gasteiger partial charge is 0.350 e. The Morgan fingerprint density at radius 2 is 2.05 bits per heavy atom. The second-order valence-corrected chi connectivity index (χ2v) is 5.05. The maximum Gasteiger partial charge on any atom is 0.412 e. The van der Waals surface area contributed by atoms with Crippen LogP contribution in [0, 0.1) is 5.92 Å². The van der Waals surface area contributed by atoms with Crippen molar-refractivity contribution in [3.8, 4) is 0 Å². The van der Waals surface area contributed by atoms with E-state index in [2.05, 4.69) is 10.6 Å². The Balaban J connectivity index is 2.24. The van der Waals surface area contributed by atoms with Gasteiger partial charge in [0.2, 0.25) is 12.5 Å². The Bertz CT molecular complexity index is 494. The van der Waals surface area contributed by atoms with Crippen molar-refractivity contribution in [3.05, 3.63) is 12.2 Å². The minimum absolute atomic E-state index is 0.0188. The lowest BCUT2D eigenvalue weighted by atomic mass is 10.1. The molecular formula is C14H20N3O4+. The van der Waals surface area contributed by atoms with E-state index in [9.17, 15) is 19.2 Å². The van der Waals surface area contributed by atoms with Crippen LogP contribution in [-0.2, 0) is 19.2 Å². The summed E-state index contributed by atoms with van der Waals surface area (Å²) in [5.74, 6) is -0.864. The third kappa shape index (κ3) is 5.68. The highest BCUT2D eigenvalue weighted by molar-refractivity contribution is 5.94. The molecule has 1 unspecified atom stereocenters. The van der Waals surface area contributed by atoms with Crippen LogP contribution in [0.3, 0.4) is 0 Å². The first-order valence-electron chi connectivity index (χ1n) is 6.77. The van der Waals surface area contributed by atoms with E-state index in [1.54, 1.807) is 6.08 Å². The zero-order valence-corrected chi connectivity index (χ0v) is 12.2. The molecule has 1 rings (SSSR count). The van der Waals surface area contributed by atoms with Crippen LogP contribution in [-0.4, -0.2) is 53.9 Å². The molecule has 3 amide bonds. The van der Waals surface area contributed by atoms with E-state index < -0.39 is 6.04 Å². The van der Waals surface area contributed by atoms with Crippen molar-refractivity contribution < 1.29 is 23.8 Å². The lowest BCUT2D eigenvalue weighted by molar-refractivity contribution is -0.426. The topological polar surface area (TPSA) is 95.4 Å². The fraction of sp³-hybridized carbons (Fsp3) is 0.500. The molecule has 0 spiro atoms. The van der Waals surface area contributed by atoms with E-state index in [-0.39, 0.29) is 43.1 Å². The van der Waals surface area contributed by atoms with E-state index in [0.717, 1.165) is 0 Å². The fourth-order valence-corrected chi connectivity index (χ4v) is 1.67. The van der Waals surface area contributed by atoms with E-state index in [0.29, 0.717) is 6.29 Å². The number of hydrogen-bond donors (Lipinski definition) is 2. The molecular weight excluding hydrogens is 274 g/mol. The number of carbonyl (C=O) groups is 4. The van der Waals surface area contributed by atoms with Gasteiger partial charge in [-0.05, 0) is 5.92 Å². The summed E-state index contributed by atoms with van der Waals surface area (Å²) in [6.45, 7) is 3.75. The summed E-state index contributed by atoms with van der Waals surface area (Å²) in [7, 11) is 0. The van der Waals surface area contributed by atoms with E-state index in [1.807, 2.05) is 13.8 Å². The predicted molar refractivity (Wildman–Crippen MR) is 75.8 cm³/mol. The van der Waals surface area contributed by atoms with Crippen LogP contribution >= 0.6 is 0 Å². The van der Waals surface area contributed by atoms with Gasteiger partial charge in [-0.25, -0.2) is 4.79 Å². The Morgan fingerprint density at radius 1 is 1.33 bits per heavy atom. The third-order valence-electron chi connectivity index (χ3n) is 2.97. The Hall–Kier alpha value is -2.31. The van der Waals surface area contributed by atoms with Gasteiger partial charge in [0.25, 0.3) is 5.91 Å². The van der Waals surface area contributed by atoms with Crippen LogP contribution in [0.1, 0.15) is 20.3 Å². The maximum absolute atomic E-state index is 11.6. The standard InChI is InChI=1S/C14H19N3O4/c1-10(2)11(9-18)16-12(19)5-6-15-13(20)8-17-7-3-4-14(17)21/h3-4,7,9-11H,5-6,8H2,1-2H3,(H-,15,16,19,20)/p+1. The van der Waals surface area contributed by atoms with Crippen LogP contribution in [0.2, 0.25) is 0 Å². The molecule has 114 valence electrons. The fourth-order valence-electron chi connectivity index (χ4n) is 1.67. The third-order valence-corrected chi connectivity index (χ3v) is 2.97. The van der Waals surface area contributed by atoms with Gasteiger partial charge in [-0.15, -0.1) is 0 Å². The zero-order chi connectivity index (χ0) is 15.8. The molecule has 1 heterocycles. The van der Waals surface area contributed by atoms with Crippen LogP contribution in [0.4, 0.5) is 0 Å². The SMILES string of the molecule is CC(C)C(C=O)NC(=O)CCNC(=O)C[N+]1=CC=CC1=O. The minimum atomic E-state index is -0.518. The van der Waals surface area contributed by atoms with Crippen LogP contribution in [0.5, 0.6) is 0 Å². The largest absolute Gasteiger partial charge is 0.412 e. The van der Waals surface area contributed by atoms with Crippen LogP contribution < -0.4 is 10.6 Å². The average molecular weight is 294 g/mol. The summed E-state index contributed by atoms with van der Waals surface area (Å²) in [6, 6.07) is -0.518. The molecule has 0 saturated heterocycles. The maximum atomic E-state index is 11.6. The van der Waals surface area contributed by atoms with Gasteiger partial charge >= 0.3 is 5.91 Å². The van der Waals surface area contributed by atoms with E-state index in [1.165, 1.54) is 16.9 Å². The van der Waals surface area contributed by atoms with Gasteiger partial charge in [0.05, 0.1) is 12.1 Å². The van der Waals surface area contributed by atoms with Gasteiger partial charge in [-0.3, -0.25) is 9.59 Å². The first-order chi connectivity index (χ1) is 9.93.